The molecule has 6 aromatic carbocycles. The molecule has 7 rings (SSSR count). The largest absolute Gasteiger partial charge is 0.505 e. The second kappa shape index (κ2) is 44.8. The van der Waals surface area contributed by atoms with Crippen LogP contribution in [0.1, 0.15) is 91.6 Å². The molecular weight excluding hydrogens is 1640 g/mol. The van der Waals surface area contributed by atoms with E-state index in [4.69, 9.17) is 31.0 Å². The third-order valence-corrected chi connectivity index (χ3v) is 14.9. The predicted molar refractivity (Wildman–Crippen MR) is 395 cm³/mol. The number of benzene rings is 6. The van der Waals surface area contributed by atoms with Crippen LogP contribution in [-0.4, -0.2) is 147 Å². The zero-order valence-corrected chi connectivity index (χ0v) is 66.4. The quantitative estimate of drug-likeness (QED) is 0.00578. The van der Waals surface area contributed by atoms with Crippen molar-refractivity contribution in [2.24, 2.45) is 15.4 Å². The van der Waals surface area contributed by atoms with E-state index in [9.17, 15) is 106 Å². The van der Waals surface area contributed by atoms with E-state index in [1.165, 1.54) is 42.5 Å². The molecule has 0 spiro atoms. The summed E-state index contributed by atoms with van der Waals surface area (Å²) in [7, 11) is -19.3. The van der Waals surface area contributed by atoms with Gasteiger partial charge >= 0.3 is 48.2 Å². The van der Waals surface area contributed by atoms with Crippen LogP contribution in [0.5, 0.6) is 0 Å². The Morgan fingerprint density at radius 2 is 0.874 bits per heavy atom. The summed E-state index contributed by atoms with van der Waals surface area (Å²) in [5.41, 5.74) is 8.06. The molecule has 0 aliphatic heterocycles. The van der Waals surface area contributed by atoms with Crippen LogP contribution in [0, 0.1) is 0 Å². The zero-order valence-electron chi connectivity index (χ0n) is 60.6. The highest BCUT2D eigenvalue weighted by Crippen LogP contribution is 2.33. The van der Waals surface area contributed by atoms with Crippen LogP contribution < -0.4 is 41.4 Å². The summed E-state index contributed by atoms with van der Waals surface area (Å²) >= 11 is 4.72. The molecule has 31 nitrogen and oxygen atoms in total. The summed E-state index contributed by atoms with van der Waals surface area (Å²) in [5.74, 6) is 4.06. The Kier molecular flexibility index (Phi) is 39.9. The molecule has 0 bridgehead atoms. The smallest absolute Gasteiger partial charge is 0.420 e. The SMILES string of the molecule is CCOC(=NS(C)(=O)=O)O[Si](C)(C)C.CCOC(=O)Cl.CCOC(=O)NS(C)(=O)=O.CS(=O)(=O)NC(=O)NNC(=O)c1ccccc1Cc1ccc(C(F)(F)F)cc1.CS(=O)(=O)Nc1nnc(-c2ccccc2Cc2ccc(C(F)(F)F)cc2)o1.CS(N)(=O)=O.NNC(=O)c1ccccc1Cc1ccc(C(F)(F)F)cc1. The first-order valence-corrected chi connectivity index (χ1v) is 44.3. The van der Waals surface area contributed by atoms with Gasteiger partial charge in [-0.1, -0.05) is 100 Å². The standard InChI is InChI=1S/C17H16F3N3O4S.C17H14F3N3O3S.C15H13F3N2O.C7H17NO4SSi.C4H9NO4S.C3H5ClO2.CH5NO2S/c1-28(26,27)23-16(25)22-21-15(24)14-5-3-2-4-12(14)10-11-6-8-13(9-7-11)17(18,19)20;1-27(24,25)23-16-22-21-15(26-16)14-5-3-2-4-12(14)10-11-6-8-13(9-7-11)17(18,19)20;16-15(17,18)12-7-5-10(6-8-12)9-11-3-1-2-4-13(11)14(21)20-19;1-6-11-7(8-13(2,9)10)12-14(3,4)5;1-3-9-4(6)5-10(2,7)8;1-2-6-3(4)5;1-5(2,3)4/h2-9H,10H2,1H3,(H,21,24)(H2,22,23,25);2-9H,10H2,1H3,(H,22,23);1-8H,9,19H2,(H,20,21);6H2,1-5H3;3H2,1-2H3,(H,5,6);2H2,1H3;1H3,(H2,2,3,4). The first-order valence-electron chi connectivity index (χ1n) is 31.0. The van der Waals surface area contributed by atoms with Crippen molar-refractivity contribution < 1.29 is 129 Å². The van der Waals surface area contributed by atoms with Crippen LogP contribution >= 0.6 is 11.6 Å². The highest BCUT2D eigenvalue weighted by molar-refractivity contribution is 7.92. The fraction of sp³-hybridized carbons (Fsp3) is 0.312. The summed E-state index contributed by atoms with van der Waals surface area (Å²) in [4.78, 5) is 55.2. The number of nitrogens with zero attached hydrogens (tertiary/aromatic N) is 3. The van der Waals surface area contributed by atoms with Gasteiger partial charge in [-0.2, -0.15) is 39.5 Å². The number of nitrogens with one attached hydrogen (secondary N) is 6. The summed E-state index contributed by atoms with van der Waals surface area (Å²) in [5, 5.41) is 11.8. The first-order chi connectivity index (χ1) is 50.8. The molecule has 5 amide bonds. The maximum atomic E-state index is 12.7. The lowest BCUT2D eigenvalue weighted by Gasteiger charge is -2.19. The molecular formula is C64H79ClF9N11O20S5Si. The average molecular weight is 1720 g/mol. The topological polar surface area (TPSA) is 468 Å². The molecule has 111 heavy (non-hydrogen) atoms. The van der Waals surface area contributed by atoms with Gasteiger partial charge in [0.05, 0.1) is 67.8 Å². The minimum Gasteiger partial charge on any atom is -0.505 e. The van der Waals surface area contributed by atoms with Crippen LogP contribution in [0.3, 0.4) is 0 Å². The fourth-order valence-electron chi connectivity index (χ4n) is 7.77. The minimum absolute atomic E-state index is 0.101. The highest BCUT2D eigenvalue weighted by atomic mass is 35.5. The number of hydrogen-bond acceptors (Lipinski definition) is 23. The third kappa shape index (κ3) is 45.7. The maximum absolute atomic E-state index is 12.7. The Hall–Kier alpha value is -9.97. The second-order valence-electron chi connectivity index (χ2n) is 23.0. The fourth-order valence-corrected chi connectivity index (χ4v) is 10.1. The van der Waals surface area contributed by atoms with E-state index >= 15 is 0 Å². The normalized spacial score (nSPS) is 11.6. The molecule has 0 atom stereocenters. The van der Waals surface area contributed by atoms with Crippen molar-refractivity contribution in [1.29, 1.82) is 0 Å². The van der Waals surface area contributed by atoms with Crippen LogP contribution in [-0.2, 0) is 107 Å². The number of carbonyl (C=O) groups is 5. The number of carbonyl (C=O) groups excluding carboxylic acids is 5. The molecule has 1 heterocycles. The lowest BCUT2D eigenvalue weighted by Crippen LogP contribution is -2.48. The highest BCUT2D eigenvalue weighted by Gasteiger charge is 2.32. The zero-order chi connectivity index (χ0) is 85.2. The van der Waals surface area contributed by atoms with Gasteiger partial charge in [-0.3, -0.25) is 20.4 Å². The van der Waals surface area contributed by atoms with Gasteiger partial charge < -0.3 is 23.1 Å². The minimum atomic E-state index is -4.44. The van der Waals surface area contributed by atoms with E-state index in [0.717, 1.165) is 73.2 Å². The van der Waals surface area contributed by atoms with Gasteiger partial charge in [-0.15, -0.1) is 5.10 Å². The van der Waals surface area contributed by atoms with Gasteiger partial charge in [0.1, 0.15) is 0 Å². The number of primary sulfonamides is 1. The van der Waals surface area contributed by atoms with Crippen LogP contribution in [0.15, 0.2) is 154 Å². The molecule has 0 aliphatic rings. The van der Waals surface area contributed by atoms with Crippen molar-refractivity contribution in [3.8, 4) is 11.5 Å². The molecule has 47 heteroatoms. The molecule has 0 saturated carbocycles. The molecule has 10 N–H and O–H groups in total. The number of nitrogens with two attached hydrogens (primary N) is 2. The third-order valence-electron chi connectivity index (χ3n) is 11.9. The number of ether oxygens (including phenoxy) is 3. The Morgan fingerprint density at radius 3 is 1.21 bits per heavy atom. The van der Waals surface area contributed by atoms with Crippen LogP contribution in [0.4, 0.5) is 59.9 Å². The number of hydrogen-bond donors (Lipinski definition) is 8. The van der Waals surface area contributed by atoms with E-state index < -0.39 is 123 Å². The van der Waals surface area contributed by atoms with Gasteiger partial charge in [-0.25, -0.2) is 87.0 Å². The van der Waals surface area contributed by atoms with E-state index in [2.05, 4.69) is 39.4 Å². The van der Waals surface area contributed by atoms with Crippen molar-refractivity contribution in [3.05, 3.63) is 207 Å². The summed E-state index contributed by atoms with van der Waals surface area (Å²) < 4.78 is 252. The molecule has 0 unspecified atom stereocenters. The number of halogens is 10. The molecule has 0 saturated heterocycles. The molecule has 1 aromatic heterocycles. The van der Waals surface area contributed by atoms with Crippen LogP contribution in [0.25, 0.3) is 11.5 Å². The number of alkyl halides is 9. The number of sulfonamides is 5. The molecule has 0 aliphatic carbocycles. The van der Waals surface area contributed by atoms with Crippen molar-refractivity contribution in [1.82, 2.24) is 35.9 Å². The van der Waals surface area contributed by atoms with Crippen molar-refractivity contribution in [2.75, 3.05) is 55.8 Å². The maximum Gasteiger partial charge on any atom is 0.420 e. The van der Waals surface area contributed by atoms with Gasteiger partial charge in [0, 0.05) is 28.3 Å². The number of nitrogen functional groups attached to an aromatic ring is 1. The van der Waals surface area contributed by atoms with Crippen molar-refractivity contribution in [2.45, 2.75) is 78.2 Å². The van der Waals surface area contributed by atoms with Gasteiger partial charge in [0.2, 0.25) is 54.3 Å². The summed E-state index contributed by atoms with van der Waals surface area (Å²) in [6.07, 6.45) is -8.85. The molecule has 0 fully saturated rings. The Labute approximate surface area is 640 Å². The number of urea groups is 1. The van der Waals surface area contributed by atoms with Crippen molar-refractivity contribution >= 4 is 112 Å². The predicted octanol–water partition coefficient (Wildman–Crippen LogP) is 9.99. The Balaban J connectivity index is 0.000000692. The van der Waals surface area contributed by atoms with Gasteiger partial charge in [0.25, 0.3) is 21.8 Å². The lowest BCUT2D eigenvalue weighted by molar-refractivity contribution is -0.138. The number of aromatic nitrogens is 2. The average Bonchev–Trinajstić information content (AvgIpc) is 1.79. The van der Waals surface area contributed by atoms with Crippen molar-refractivity contribution in [3.63, 3.8) is 0 Å². The van der Waals surface area contributed by atoms with Gasteiger partial charge in [0.15, 0.2) is 0 Å². The molecule has 7 aromatic rings. The number of hydrazine groups is 2. The number of amides is 5. The second-order valence-corrected chi connectivity index (χ2v) is 36.3. The van der Waals surface area contributed by atoms with E-state index in [-0.39, 0.29) is 36.6 Å². The number of rotatable bonds is 18. The van der Waals surface area contributed by atoms with Gasteiger partial charge in [-0.05, 0) is 148 Å². The molecule has 614 valence electrons. The lowest BCUT2D eigenvalue weighted by atomic mass is 9.98. The summed E-state index contributed by atoms with van der Waals surface area (Å²) in [6.45, 7) is 11.6. The van der Waals surface area contributed by atoms with Crippen LogP contribution in [0.2, 0.25) is 19.6 Å². The van der Waals surface area contributed by atoms with E-state index in [1.807, 2.05) is 30.5 Å². The Morgan fingerprint density at radius 1 is 0.505 bits per heavy atom. The summed E-state index contributed by atoms with van der Waals surface area (Å²) in [6, 6.07) is 33.0. The van der Waals surface area contributed by atoms with E-state index in [0.29, 0.717) is 65.0 Å². The number of anilines is 1. The van der Waals surface area contributed by atoms with E-state index in [1.54, 1.807) is 96.9 Å². The monoisotopic (exact) mass is 1720 g/mol. The first kappa shape index (κ1) is 99.0. The molecule has 0 radical (unpaired) electrons. The Bertz CT molecular complexity index is 4830.